The summed E-state index contributed by atoms with van der Waals surface area (Å²) in [5, 5.41) is 9.58. The first-order valence-electron chi connectivity index (χ1n) is 9.57. The van der Waals surface area contributed by atoms with Gasteiger partial charge in [0.05, 0.1) is 5.75 Å². The lowest BCUT2D eigenvalue weighted by Gasteiger charge is -2.02. The van der Waals surface area contributed by atoms with E-state index in [1.54, 1.807) is 0 Å². The van der Waals surface area contributed by atoms with Gasteiger partial charge in [0.15, 0.2) is 0 Å². The second-order valence-electron chi connectivity index (χ2n) is 6.55. The molecule has 0 amide bonds. The monoisotopic (exact) mass is 360 g/mol. The predicted octanol–water partition coefficient (Wildman–Crippen LogP) is 4.72. The minimum absolute atomic E-state index is 0.106. The SMILES string of the molecule is CCCC[C@@H](O)C#CCCCCCCCCCCCCS(=O)(=O)O. The van der Waals surface area contributed by atoms with E-state index < -0.39 is 16.2 Å². The van der Waals surface area contributed by atoms with Crippen LogP contribution in [0, 0.1) is 11.8 Å². The van der Waals surface area contributed by atoms with Gasteiger partial charge >= 0.3 is 0 Å². The van der Waals surface area contributed by atoms with Crippen molar-refractivity contribution < 1.29 is 18.1 Å². The maximum absolute atomic E-state index is 10.5. The van der Waals surface area contributed by atoms with E-state index in [2.05, 4.69) is 18.8 Å². The minimum Gasteiger partial charge on any atom is -0.380 e. The van der Waals surface area contributed by atoms with Crippen LogP contribution in [-0.2, 0) is 10.1 Å². The molecule has 0 saturated carbocycles. The summed E-state index contributed by atoms with van der Waals surface area (Å²) in [5.74, 6) is 5.88. The van der Waals surface area contributed by atoms with Gasteiger partial charge < -0.3 is 5.11 Å². The maximum Gasteiger partial charge on any atom is 0.264 e. The van der Waals surface area contributed by atoms with Gasteiger partial charge in [0, 0.05) is 6.42 Å². The van der Waals surface area contributed by atoms with Crippen LogP contribution in [0.4, 0.5) is 0 Å². The molecule has 0 aliphatic carbocycles. The summed E-state index contributed by atoms with van der Waals surface area (Å²) >= 11 is 0. The summed E-state index contributed by atoms with van der Waals surface area (Å²) in [4.78, 5) is 0. The molecular formula is C19H36O4S. The van der Waals surface area contributed by atoms with E-state index >= 15 is 0 Å². The molecule has 0 spiro atoms. The fraction of sp³-hybridized carbons (Fsp3) is 0.895. The van der Waals surface area contributed by atoms with Crippen molar-refractivity contribution in [3.05, 3.63) is 0 Å². The highest BCUT2D eigenvalue weighted by Gasteiger charge is 2.02. The highest BCUT2D eigenvalue weighted by Crippen LogP contribution is 2.11. The van der Waals surface area contributed by atoms with Crippen LogP contribution in [0.25, 0.3) is 0 Å². The molecule has 0 saturated heterocycles. The smallest absolute Gasteiger partial charge is 0.264 e. The molecule has 5 heteroatoms. The Kier molecular flexibility index (Phi) is 15.6. The van der Waals surface area contributed by atoms with Crippen molar-refractivity contribution in [2.45, 2.75) is 103 Å². The van der Waals surface area contributed by atoms with Gasteiger partial charge in [-0.1, -0.05) is 77.1 Å². The maximum atomic E-state index is 10.5. The number of aliphatic hydroxyl groups excluding tert-OH is 1. The Morgan fingerprint density at radius 1 is 0.833 bits per heavy atom. The van der Waals surface area contributed by atoms with Gasteiger partial charge in [-0.15, -0.1) is 5.92 Å². The van der Waals surface area contributed by atoms with Crippen LogP contribution in [0.2, 0.25) is 0 Å². The lowest BCUT2D eigenvalue weighted by atomic mass is 10.1. The average molecular weight is 361 g/mol. The molecule has 0 bridgehead atoms. The molecule has 1 atom stereocenters. The first-order valence-corrected chi connectivity index (χ1v) is 11.2. The standard InChI is InChI=1S/C19H36O4S/c1-2-3-16-19(20)17-14-12-10-8-6-4-5-7-9-11-13-15-18-24(21,22)23/h19-20H,2-13,15-16,18H2,1H3,(H,21,22,23)/t19-/m1/s1. The van der Waals surface area contributed by atoms with Gasteiger partial charge in [-0.3, -0.25) is 4.55 Å². The highest BCUT2D eigenvalue weighted by molar-refractivity contribution is 7.85. The number of hydrogen-bond donors (Lipinski definition) is 2. The van der Waals surface area contributed by atoms with Crippen molar-refractivity contribution in [3.8, 4) is 11.8 Å². The molecule has 0 aromatic heterocycles. The van der Waals surface area contributed by atoms with E-state index in [1.807, 2.05) is 0 Å². The zero-order valence-electron chi connectivity index (χ0n) is 15.3. The molecule has 0 rings (SSSR count). The Morgan fingerprint density at radius 3 is 1.83 bits per heavy atom. The Balaban J connectivity index is 3.24. The second-order valence-corrected chi connectivity index (χ2v) is 8.12. The van der Waals surface area contributed by atoms with Gasteiger partial charge in [-0.25, -0.2) is 0 Å². The second kappa shape index (κ2) is 15.9. The molecule has 2 N–H and O–H groups in total. The van der Waals surface area contributed by atoms with Gasteiger partial charge in [0.1, 0.15) is 6.10 Å². The third kappa shape index (κ3) is 19.5. The number of aliphatic hydroxyl groups is 1. The van der Waals surface area contributed by atoms with Crippen LogP contribution in [0.3, 0.4) is 0 Å². The van der Waals surface area contributed by atoms with E-state index in [4.69, 9.17) is 4.55 Å². The number of hydrogen-bond acceptors (Lipinski definition) is 3. The largest absolute Gasteiger partial charge is 0.380 e. The summed E-state index contributed by atoms with van der Waals surface area (Å²) in [7, 11) is -3.77. The third-order valence-electron chi connectivity index (χ3n) is 4.05. The molecule has 0 heterocycles. The Hall–Kier alpha value is -0.570. The average Bonchev–Trinajstić information content (AvgIpc) is 2.52. The zero-order chi connectivity index (χ0) is 18.1. The third-order valence-corrected chi connectivity index (χ3v) is 4.86. The molecule has 0 radical (unpaired) electrons. The van der Waals surface area contributed by atoms with Crippen molar-refractivity contribution >= 4 is 10.1 Å². The zero-order valence-corrected chi connectivity index (χ0v) is 16.1. The molecule has 0 aromatic carbocycles. The molecule has 24 heavy (non-hydrogen) atoms. The molecular weight excluding hydrogens is 324 g/mol. The van der Waals surface area contributed by atoms with Gasteiger partial charge in [-0.2, -0.15) is 8.42 Å². The lowest BCUT2D eigenvalue weighted by molar-refractivity contribution is 0.218. The van der Waals surface area contributed by atoms with Crippen molar-refractivity contribution in [2.24, 2.45) is 0 Å². The van der Waals surface area contributed by atoms with E-state index in [0.29, 0.717) is 6.42 Å². The van der Waals surface area contributed by atoms with Crippen molar-refractivity contribution in [1.29, 1.82) is 0 Å². The normalized spacial score (nSPS) is 12.6. The topological polar surface area (TPSA) is 74.6 Å². The first kappa shape index (κ1) is 23.4. The summed E-state index contributed by atoms with van der Waals surface area (Å²) in [6.45, 7) is 2.12. The molecule has 0 aliphatic rings. The predicted molar refractivity (Wildman–Crippen MR) is 101 cm³/mol. The van der Waals surface area contributed by atoms with Gasteiger partial charge in [-0.05, 0) is 19.3 Å². The fourth-order valence-corrected chi connectivity index (χ4v) is 3.14. The Labute approximate surface area is 149 Å². The van der Waals surface area contributed by atoms with Crippen LogP contribution in [0.5, 0.6) is 0 Å². The van der Waals surface area contributed by atoms with Crippen molar-refractivity contribution in [1.82, 2.24) is 0 Å². The van der Waals surface area contributed by atoms with Crippen LogP contribution >= 0.6 is 0 Å². The fourth-order valence-electron chi connectivity index (χ4n) is 2.57. The van der Waals surface area contributed by atoms with E-state index in [-0.39, 0.29) is 5.75 Å². The van der Waals surface area contributed by atoms with E-state index in [1.165, 1.54) is 32.1 Å². The Bertz CT molecular complexity index is 434. The summed E-state index contributed by atoms with van der Waals surface area (Å²) in [6.07, 6.45) is 14.2. The van der Waals surface area contributed by atoms with E-state index in [0.717, 1.165) is 51.4 Å². The lowest BCUT2D eigenvalue weighted by Crippen LogP contribution is -2.03. The molecule has 0 aromatic rings. The van der Waals surface area contributed by atoms with Gasteiger partial charge in [0.2, 0.25) is 0 Å². The number of unbranched alkanes of at least 4 members (excludes halogenated alkanes) is 11. The van der Waals surface area contributed by atoms with Crippen molar-refractivity contribution in [3.63, 3.8) is 0 Å². The quantitative estimate of drug-likeness (QED) is 0.252. The minimum atomic E-state index is -3.77. The highest BCUT2D eigenvalue weighted by atomic mass is 32.2. The van der Waals surface area contributed by atoms with Crippen LogP contribution < -0.4 is 0 Å². The first-order chi connectivity index (χ1) is 11.5. The van der Waals surface area contributed by atoms with Crippen LogP contribution in [0.1, 0.15) is 96.8 Å². The summed E-state index contributed by atoms with van der Waals surface area (Å²) < 4.78 is 29.7. The van der Waals surface area contributed by atoms with Crippen LogP contribution in [0.15, 0.2) is 0 Å². The van der Waals surface area contributed by atoms with E-state index in [9.17, 15) is 13.5 Å². The summed E-state index contributed by atoms with van der Waals surface area (Å²) in [6, 6.07) is 0. The Morgan fingerprint density at radius 2 is 1.33 bits per heavy atom. The molecule has 0 aliphatic heterocycles. The van der Waals surface area contributed by atoms with Gasteiger partial charge in [0.25, 0.3) is 10.1 Å². The molecule has 0 fully saturated rings. The molecule has 0 unspecified atom stereocenters. The molecule has 142 valence electrons. The van der Waals surface area contributed by atoms with Crippen LogP contribution in [-0.4, -0.2) is 29.9 Å². The molecule has 4 nitrogen and oxygen atoms in total. The summed E-state index contributed by atoms with van der Waals surface area (Å²) in [5.41, 5.74) is 0. The number of rotatable bonds is 15. The van der Waals surface area contributed by atoms with Crippen molar-refractivity contribution in [2.75, 3.05) is 5.75 Å².